The Kier molecular flexibility index (Phi) is 3.91. The van der Waals surface area contributed by atoms with Crippen molar-refractivity contribution in [2.24, 2.45) is 0 Å². The maximum absolute atomic E-state index is 11.5. The number of hydrogen-bond acceptors (Lipinski definition) is 3. The number of anilines is 1. The summed E-state index contributed by atoms with van der Waals surface area (Å²) in [6.45, 7) is 2.44. The third kappa shape index (κ3) is 2.59. The number of nitrogens with zero attached hydrogens (tertiary/aromatic N) is 2. The zero-order valence-corrected chi connectivity index (χ0v) is 9.15. The number of amides is 2. The molecule has 0 aliphatic heterocycles. The summed E-state index contributed by atoms with van der Waals surface area (Å²) < 4.78 is 5.11. The number of pyridine rings is 1. The van der Waals surface area contributed by atoms with E-state index in [0.717, 1.165) is 0 Å². The number of carbonyl (C=O) groups is 1. The summed E-state index contributed by atoms with van der Waals surface area (Å²) in [5.74, 6) is 1.08. The monoisotopic (exact) mass is 209 g/mol. The van der Waals surface area contributed by atoms with Crippen molar-refractivity contribution in [3.63, 3.8) is 0 Å². The van der Waals surface area contributed by atoms with Crippen LogP contribution in [0.4, 0.5) is 10.6 Å². The van der Waals surface area contributed by atoms with Gasteiger partial charge >= 0.3 is 6.03 Å². The highest BCUT2D eigenvalue weighted by molar-refractivity contribution is 5.91. The van der Waals surface area contributed by atoms with Crippen molar-refractivity contribution in [3.05, 3.63) is 18.3 Å². The SMILES string of the molecule is CCNC(=O)N(C)c1ncccc1OC. The lowest BCUT2D eigenvalue weighted by Gasteiger charge is -2.18. The number of ether oxygens (including phenoxy) is 1. The van der Waals surface area contributed by atoms with E-state index in [0.29, 0.717) is 18.1 Å². The summed E-state index contributed by atoms with van der Waals surface area (Å²) in [6, 6.07) is 3.32. The number of methoxy groups -OCH3 is 1. The van der Waals surface area contributed by atoms with E-state index in [1.807, 2.05) is 6.92 Å². The van der Waals surface area contributed by atoms with Gasteiger partial charge in [-0.3, -0.25) is 4.90 Å². The van der Waals surface area contributed by atoms with Gasteiger partial charge in [-0.2, -0.15) is 0 Å². The van der Waals surface area contributed by atoms with Gasteiger partial charge in [0.05, 0.1) is 7.11 Å². The molecule has 0 aliphatic rings. The van der Waals surface area contributed by atoms with Crippen LogP contribution in [0.2, 0.25) is 0 Å². The molecule has 2 amide bonds. The zero-order chi connectivity index (χ0) is 11.3. The molecular weight excluding hydrogens is 194 g/mol. The molecule has 5 heteroatoms. The Morgan fingerprint density at radius 3 is 3.00 bits per heavy atom. The minimum Gasteiger partial charge on any atom is -0.493 e. The van der Waals surface area contributed by atoms with Crippen molar-refractivity contribution in [1.82, 2.24) is 10.3 Å². The largest absolute Gasteiger partial charge is 0.493 e. The summed E-state index contributed by atoms with van der Waals surface area (Å²) in [7, 11) is 3.20. The molecule has 1 aromatic rings. The summed E-state index contributed by atoms with van der Waals surface area (Å²) in [6.07, 6.45) is 1.62. The maximum atomic E-state index is 11.5. The average molecular weight is 209 g/mol. The van der Waals surface area contributed by atoms with Gasteiger partial charge in [0.2, 0.25) is 0 Å². The topological polar surface area (TPSA) is 54.5 Å². The Hall–Kier alpha value is -1.78. The normalized spacial score (nSPS) is 9.53. The Morgan fingerprint density at radius 2 is 2.40 bits per heavy atom. The zero-order valence-electron chi connectivity index (χ0n) is 9.15. The van der Waals surface area contributed by atoms with Crippen LogP contribution in [0.5, 0.6) is 5.75 Å². The fraction of sp³-hybridized carbons (Fsp3) is 0.400. The number of hydrogen-bond donors (Lipinski definition) is 1. The van der Waals surface area contributed by atoms with Crippen molar-refractivity contribution < 1.29 is 9.53 Å². The quantitative estimate of drug-likeness (QED) is 0.815. The van der Waals surface area contributed by atoms with E-state index >= 15 is 0 Å². The van der Waals surface area contributed by atoms with Gasteiger partial charge in [-0.1, -0.05) is 0 Å². The van der Waals surface area contributed by atoms with Crippen LogP contribution in [0.3, 0.4) is 0 Å². The molecule has 82 valence electrons. The molecule has 1 rings (SSSR count). The van der Waals surface area contributed by atoms with Crippen LogP contribution in [0.15, 0.2) is 18.3 Å². The summed E-state index contributed by atoms with van der Waals surface area (Å²) >= 11 is 0. The minimum atomic E-state index is -0.200. The molecule has 0 saturated heterocycles. The van der Waals surface area contributed by atoms with Gasteiger partial charge in [0.15, 0.2) is 11.6 Å². The lowest BCUT2D eigenvalue weighted by molar-refractivity contribution is 0.247. The number of urea groups is 1. The van der Waals surface area contributed by atoms with Gasteiger partial charge in [0.1, 0.15) is 0 Å². The first-order valence-electron chi connectivity index (χ1n) is 4.71. The first-order chi connectivity index (χ1) is 7.20. The van der Waals surface area contributed by atoms with E-state index < -0.39 is 0 Å². The third-order valence-corrected chi connectivity index (χ3v) is 1.92. The highest BCUT2D eigenvalue weighted by atomic mass is 16.5. The van der Waals surface area contributed by atoms with Gasteiger partial charge in [-0.15, -0.1) is 0 Å². The molecule has 0 aliphatic carbocycles. The Balaban J connectivity index is 2.89. The molecule has 15 heavy (non-hydrogen) atoms. The molecule has 0 fully saturated rings. The van der Waals surface area contributed by atoms with E-state index in [9.17, 15) is 4.79 Å². The highest BCUT2D eigenvalue weighted by Crippen LogP contribution is 2.23. The molecule has 1 N–H and O–H groups in total. The van der Waals surface area contributed by atoms with Crippen molar-refractivity contribution in [2.45, 2.75) is 6.92 Å². The molecule has 0 radical (unpaired) electrons. The van der Waals surface area contributed by atoms with Crippen molar-refractivity contribution in [2.75, 3.05) is 25.6 Å². The van der Waals surface area contributed by atoms with Crippen molar-refractivity contribution >= 4 is 11.8 Å². The molecule has 0 spiro atoms. The van der Waals surface area contributed by atoms with Gasteiger partial charge in [0.25, 0.3) is 0 Å². The van der Waals surface area contributed by atoms with Gasteiger partial charge in [0, 0.05) is 19.8 Å². The molecule has 0 saturated carbocycles. The van der Waals surface area contributed by atoms with Crippen LogP contribution in [0.25, 0.3) is 0 Å². The first-order valence-corrected chi connectivity index (χ1v) is 4.71. The molecular formula is C10H15N3O2. The number of carbonyl (C=O) groups excluding carboxylic acids is 1. The van der Waals surface area contributed by atoms with E-state index in [1.54, 1.807) is 32.5 Å². The second kappa shape index (κ2) is 5.19. The number of aromatic nitrogens is 1. The predicted octanol–water partition coefficient (Wildman–Crippen LogP) is 1.26. The molecule has 1 heterocycles. The number of nitrogens with one attached hydrogen (secondary N) is 1. The molecule has 0 atom stereocenters. The molecule has 5 nitrogen and oxygen atoms in total. The first kappa shape index (κ1) is 11.3. The Bertz CT molecular complexity index is 341. The van der Waals surface area contributed by atoms with Crippen LogP contribution < -0.4 is 15.0 Å². The molecule has 0 aromatic carbocycles. The Labute approximate surface area is 89.1 Å². The standard InChI is InChI=1S/C10H15N3O2/c1-4-11-10(14)13(2)9-8(15-3)6-5-7-12-9/h5-7H,4H2,1-3H3,(H,11,14). The van der Waals surface area contributed by atoms with Gasteiger partial charge in [-0.25, -0.2) is 9.78 Å². The van der Waals surface area contributed by atoms with E-state index in [1.165, 1.54) is 4.90 Å². The second-order valence-electron chi connectivity index (χ2n) is 2.92. The van der Waals surface area contributed by atoms with Crippen molar-refractivity contribution in [1.29, 1.82) is 0 Å². The van der Waals surface area contributed by atoms with Crippen LogP contribution in [-0.4, -0.2) is 31.7 Å². The van der Waals surface area contributed by atoms with Gasteiger partial charge in [-0.05, 0) is 19.1 Å². The predicted molar refractivity (Wildman–Crippen MR) is 58.3 cm³/mol. The lowest BCUT2D eigenvalue weighted by Crippen LogP contribution is -2.37. The summed E-state index contributed by atoms with van der Waals surface area (Å²) in [5, 5.41) is 2.69. The molecule has 1 aromatic heterocycles. The van der Waals surface area contributed by atoms with Crippen LogP contribution in [-0.2, 0) is 0 Å². The fourth-order valence-electron chi connectivity index (χ4n) is 1.16. The summed E-state index contributed by atoms with van der Waals surface area (Å²) in [4.78, 5) is 17.0. The van der Waals surface area contributed by atoms with Crippen LogP contribution >= 0.6 is 0 Å². The van der Waals surface area contributed by atoms with E-state index in [2.05, 4.69) is 10.3 Å². The smallest absolute Gasteiger partial charge is 0.322 e. The van der Waals surface area contributed by atoms with Crippen LogP contribution in [0.1, 0.15) is 6.92 Å². The third-order valence-electron chi connectivity index (χ3n) is 1.92. The number of rotatable bonds is 3. The molecule has 0 bridgehead atoms. The van der Waals surface area contributed by atoms with Gasteiger partial charge < -0.3 is 10.1 Å². The maximum Gasteiger partial charge on any atom is 0.322 e. The van der Waals surface area contributed by atoms with E-state index in [-0.39, 0.29) is 6.03 Å². The lowest BCUT2D eigenvalue weighted by atomic mass is 10.4. The minimum absolute atomic E-state index is 0.200. The highest BCUT2D eigenvalue weighted by Gasteiger charge is 2.14. The summed E-state index contributed by atoms with van der Waals surface area (Å²) in [5.41, 5.74) is 0. The molecule has 0 unspecified atom stereocenters. The fourth-order valence-corrected chi connectivity index (χ4v) is 1.16. The van der Waals surface area contributed by atoms with E-state index in [4.69, 9.17) is 4.74 Å². The second-order valence-corrected chi connectivity index (χ2v) is 2.92. The van der Waals surface area contributed by atoms with Crippen molar-refractivity contribution in [3.8, 4) is 5.75 Å². The Morgan fingerprint density at radius 1 is 1.67 bits per heavy atom. The van der Waals surface area contributed by atoms with Crippen LogP contribution in [0, 0.1) is 0 Å². The average Bonchev–Trinajstić information content (AvgIpc) is 2.28.